The number of morpholine rings is 1. The van der Waals surface area contributed by atoms with Crippen molar-refractivity contribution >= 4 is 0 Å². The molecule has 2 aromatic rings. The summed E-state index contributed by atoms with van der Waals surface area (Å²) < 4.78 is 22.5. The second kappa shape index (κ2) is 9.46. The van der Waals surface area contributed by atoms with Gasteiger partial charge in [0.15, 0.2) is 0 Å². The van der Waals surface area contributed by atoms with Gasteiger partial charge >= 0.3 is 0 Å². The summed E-state index contributed by atoms with van der Waals surface area (Å²) in [4.78, 5) is 2.42. The predicted octanol–water partition coefficient (Wildman–Crippen LogP) is 3.55. The minimum atomic E-state index is -0.0555. The van der Waals surface area contributed by atoms with Crippen molar-refractivity contribution in [2.45, 2.75) is 12.5 Å². The maximum absolute atomic E-state index is 6.34. The second-order valence-electron chi connectivity index (χ2n) is 6.30. The van der Waals surface area contributed by atoms with E-state index in [4.69, 9.17) is 18.9 Å². The minimum Gasteiger partial charge on any atom is -0.497 e. The van der Waals surface area contributed by atoms with Crippen molar-refractivity contribution in [2.75, 3.05) is 47.1 Å². The lowest BCUT2D eigenvalue weighted by Crippen LogP contribution is -2.37. The molecule has 2 aromatic carbocycles. The SMILES string of the molecule is COc1cccc(OC(CCN2CCOCC2)c2cccc(OC)c2)c1. The lowest BCUT2D eigenvalue weighted by atomic mass is 10.1. The van der Waals surface area contributed by atoms with E-state index >= 15 is 0 Å². The minimum absolute atomic E-state index is 0.0555. The molecule has 1 saturated heterocycles. The average molecular weight is 357 g/mol. The van der Waals surface area contributed by atoms with E-state index in [1.54, 1.807) is 14.2 Å². The molecule has 0 aromatic heterocycles. The first-order chi connectivity index (χ1) is 12.8. The zero-order valence-electron chi connectivity index (χ0n) is 15.5. The topological polar surface area (TPSA) is 40.2 Å². The summed E-state index contributed by atoms with van der Waals surface area (Å²) in [5.41, 5.74) is 1.11. The molecule has 0 aliphatic carbocycles. The van der Waals surface area contributed by atoms with Crippen LogP contribution in [0.3, 0.4) is 0 Å². The third-order valence-corrected chi connectivity index (χ3v) is 4.60. The molecule has 1 aliphatic rings. The summed E-state index contributed by atoms with van der Waals surface area (Å²) >= 11 is 0. The van der Waals surface area contributed by atoms with Crippen LogP contribution in [0.1, 0.15) is 18.1 Å². The number of hydrogen-bond donors (Lipinski definition) is 0. The molecule has 0 amide bonds. The molecule has 0 spiro atoms. The Bertz CT molecular complexity index is 685. The van der Waals surface area contributed by atoms with Crippen LogP contribution in [-0.4, -0.2) is 52.0 Å². The van der Waals surface area contributed by atoms with Crippen LogP contribution in [0.2, 0.25) is 0 Å². The molecule has 0 radical (unpaired) electrons. The van der Waals surface area contributed by atoms with Crippen LogP contribution in [0.4, 0.5) is 0 Å². The van der Waals surface area contributed by atoms with Crippen LogP contribution < -0.4 is 14.2 Å². The Morgan fingerprint density at radius 1 is 0.923 bits per heavy atom. The van der Waals surface area contributed by atoms with Gasteiger partial charge in [0.25, 0.3) is 0 Å². The Balaban J connectivity index is 1.75. The van der Waals surface area contributed by atoms with Gasteiger partial charge in [-0.2, -0.15) is 0 Å². The molecule has 0 N–H and O–H groups in total. The molecule has 1 aliphatic heterocycles. The molecule has 1 heterocycles. The van der Waals surface area contributed by atoms with Gasteiger partial charge in [0.05, 0.1) is 27.4 Å². The van der Waals surface area contributed by atoms with Crippen LogP contribution in [0.15, 0.2) is 48.5 Å². The largest absolute Gasteiger partial charge is 0.497 e. The van der Waals surface area contributed by atoms with Crippen molar-refractivity contribution in [1.29, 1.82) is 0 Å². The number of rotatable bonds is 8. The van der Waals surface area contributed by atoms with E-state index in [0.717, 1.165) is 62.1 Å². The summed E-state index contributed by atoms with van der Waals surface area (Å²) in [5, 5.41) is 0. The Kier molecular flexibility index (Phi) is 6.75. The van der Waals surface area contributed by atoms with Crippen molar-refractivity contribution < 1.29 is 18.9 Å². The van der Waals surface area contributed by atoms with Gasteiger partial charge in [-0.25, -0.2) is 0 Å². The van der Waals surface area contributed by atoms with Crippen molar-refractivity contribution in [2.24, 2.45) is 0 Å². The van der Waals surface area contributed by atoms with Crippen LogP contribution in [0.25, 0.3) is 0 Å². The van der Waals surface area contributed by atoms with Crippen molar-refractivity contribution in [1.82, 2.24) is 4.90 Å². The van der Waals surface area contributed by atoms with E-state index in [9.17, 15) is 0 Å². The van der Waals surface area contributed by atoms with Crippen molar-refractivity contribution in [3.05, 3.63) is 54.1 Å². The molecule has 0 saturated carbocycles. The van der Waals surface area contributed by atoms with Gasteiger partial charge in [-0.3, -0.25) is 4.90 Å². The molecule has 1 unspecified atom stereocenters. The Labute approximate surface area is 155 Å². The third-order valence-electron chi connectivity index (χ3n) is 4.60. The highest BCUT2D eigenvalue weighted by molar-refractivity contribution is 5.35. The van der Waals surface area contributed by atoms with Crippen molar-refractivity contribution in [3.8, 4) is 17.2 Å². The first-order valence-corrected chi connectivity index (χ1v) is 9.03. The Morgan fingerprint density at radius 2 is 1.58 bits per heavy atom. The number of benzene rings is 2. The highest BCUT2D eigenvalue weighted by atomic mass is 16.5. The fourth-order valence-corrected chi connectivity index (χ4v) is 3.10. The van der Waals surface area contributed by atoms with Crippen LogP contribution in [0.5, 0.6) is 17.2 Å². The van der Waals surface area contributed by atoms with Crippen molar-refractivity contribution in [3.63, 3.8) is 0 Å². The zero-order valence-corrected chi connectivity index (χ0v) is 15.5. The highest BCUT2D eigenvalue weighted by Gasteiger charge is 2.18. The van der Waals surface area contributed by atoms with Gasteiger partial charge in [-0.05, 0) is 29.8 Å². The lowest BCUT2D eigenvalue weighted by Gasteiger charge is -2.29. The van der Waals surface area contributed by atoms with Crippen LogP contribution in [0, 0.1) is 0 Å². The number of ether oxygens (including phenoxy) is 4. The van der Waals surface area contributed by atoms with Gasteiger partial charge in [0.1, 0.15) is 23.4 Å². The van der Waals surface area contributed by atoms with Gasteiger partial charge in [-0.15, -0.1) is 0 Å². The summed E-state index contributed by atoms with van der Waals surface area (Å²) in [6, 6.07) is 15.8. The van der Waals surface area contributed by atoms with Gasteiger partial charge in [0.2, 0.25) is 0 Å². The van der Waals surface area contributed by atoms with E-state index in [0.29, 0.717) is 0 Å². The van der Waals surface area contributed by atoms with E-state index in [2.05, 4.69) is 11.0 Å². The summed E-state index contributed by atoms with van der Waals surface area (Å²) in [5.74, 6) is 2.44. The number of methoxy groups -OCH3 is 2. The normalized spacial score (nSPS) is 16.1. The summed E-state index contributed by atoms with van der Waals surface area (Å²) in [6.07, 6.45) is 0.838. The smallest absolute Gasteiger partial charge is 0.125 e. The third kappa shape index (κ3) is 5.13. The summed E-state index contributed by atoms with van der Waals surface area (Å²) in [6.45, 7) is 4.53. The maximum Gasteiger partial charge on any atom is 0.125 e. The molecule has 3 rings (SSSR count). The van der Waals surface area contributed by atoms with E-state index < -0.39 is 0 Å². The quantitative estimate of drug-likeness (QED) is 0.723. The number of hydrogen-bond acceptors (Lipinski definition) is 5. The predicted molar refractivity (Wildman–Crippen MR) is 101 cm³/mol. The molecule has 1 atom stereocenters. The van der Waals surface area contributed by atoms with Crippen LogP contribution in [-0.2, 0) is 4.74 Å². The molecule has 1 fully saturated rings. The summed E-state index contributed by atoms with van der Waals surface area (Å²) in [7, 11) is 3.35. The molecule has 5 nitrogen and oxygen atoms in total. The Morgan fingerprint density at radius 3 is 2.31 bits per heavy atom. The molecular formula is C21H27NO4. The molecule has 5 heteroatoms. The molecule has 140 valence electrons. The van der Waals surface area contributed by atoms with Crippen LogP contribution >= 0.6 is 0 Å². The second-order valence-corrected chi connectivity index (χ2v) is 6.30. The van der Waals surface area contributed by atoms with Gasteiger partial charge in [0, 0.05) is 32.1 Å². The van der Waals surface area contributed by atoms with Gasteiger partial charge in [-0.1, -0.05) is 18.2 Å². The van der Waals surface area contributed by atoms with E-state index in [1.165, 1.54) is 0 Å². The fourth-order valence-electron chi connectivity index (χ4n) is 3.10. The first-order valence-electron chi connectivity index (χ1n) is 9.03. The first kappa shape index (κ1) is 18.5. The molecule has 0 bridgehead atoms. The van der Waals surface area contributed by atoms with Gasteiger partial charge < -0.3 is 18.9 Å². The van der Waals surface area contributed by atoms with E-state index in [1.807, 2.05) is 42.5 Å². The fraction of sp³-hybridized carbons (Fsp3) is 0.429. The highest BCUT2D eigenvalue weighted by Crippen LogP contribution is 2.29. The lowest BCUT2D eigenvalue weighted by molar-refractivity contribution is 0.0317. The average Bonchev–Trinajstić information content (AvgIpc) is 2.72. The monoisotopic (exact) mass is 357 g/mol. The molecular weight excluding hydrogens is 330 g/mol. The number of nitrogens with zero attached hydrogens (tertiary/aromatic N) is 1. The zero-order chi connectivity index (χ0) is 18.2. The Hall–Kier alpha value is -2.24. The standard InChI is InChI=1S/C21H27NO4/c1-23-18-6-3-5-17(15-18)21(9-10-22-11-13-25-14-12-22)26-20-8-4-7-19(16-20)24-2/h3-8,15-16,21H,9-14H2,1-2H3. The molecule has 26 heavy (non-hydrogen) atoms. The van der Waals surface area contributed by atoms with E-state index in [-0.39, 0.29) is 6.10 Å². The maximum atomic E-state index is 6.34.